The SMILES string of the molecule is CNCC(=O)N[C@H]1CN(C(=O)Cc2ccc(F)cc2F)CC[C@H]2CC[C@@H](C)N2C1=O. The number of hydrogen-bond donors (Lipinski definition) is 2. The average Bonchev–Trinajstić information content (AvgIpc) is 3.04. The lowest BCUT2D eigenvalue weighted by atomic mass is 10.0. The molecule has 3 rings (SSSR count). The van der Waals surface area contributed by atoms with Gasteiger partial charge in [0.25, 0.3) is 0 Å². The molecule has 164 valence electrons. The monoisotopic (exact) mass is 422 g/mol. The zero-order valence-electron chi connectivity index (χ0n) is 17.3. The summed E-state index contributed by atoms with van der Waals surface area (Å²) in [7, 11) is 1.63. The van der Waals surface area contributed by atoms with Gasteiger partial charge in [-0.05, 0) is 44.9 Å². The Morgan fingerprint density at radius 1 is 1.20 bits per heavy atom. The van der Waals surface area contributed by atoms with Crippen LogP contribution in [0.15, 0.2) is 18.2 Å². The van der Waals surface area contributed by atoms with Crippen LogP contribution < -0.4 is 10.6 Å². The van der Waals surface area contributed by atoms with E-state index in [-0.39, 0.29) is 54.9 Å². The van der Waals surface area contributed by atoms with Crippen molar-refractivity contribution in [2.75, 3.05) is 26.7 Å². The van der Waals surface area contributed by atoms with Gasteiger partial charge in [-0.1, -0.05) is 6.07 Å². The molecule has 3 atom stereocenters. The molecule has 9 heteroatoms. The summed E-state index contributed by atoms with van der Waals surface area (Å²) < 4.78 is 27.2. The highest BCUT2D eigenvalue weighted by molar-refractivity contribution is 5.90. The van der Waals surface area contributed by atoms with Crippen molar-refractivity contribution in [2.45, 2.75) is 50.7 Å². The Balaban J connectivity index is 1.79. The fraction of sp³-hybridized carbons (Fsp3) is 0.571. The van der Waals surface area contributed by atoms with E-state index in [1.807, 2.05) is 11.8 Å². The number of amides is 3. The lowest BCUT2D eigenvalue weighted by molar-refractivity contribution is -0.143. The van der Waals surface area contributed by atoms with E-state index in [0.29, 0.717) is 13.0 Å². The summed E-state index contributed by atoms with van der Waals surface area (Å²) in [6.45, 7) is 2.47. The normalized spacial score (nSPS) is 24.3. The van der Waals surface area contributed by atoms with E-state index in [1.165, 1.54) is 11.0 Å². The molecule has 2 N–H and O–H groups in total. The molecule has 2 saturated heterocycles. The summed E-state index contributed by atoms with van der Waals surface area (Å²) in [6.07, 6.45) is 2.12. The van der Waals surface area contributed by atoms with Gasteiger partial charge in [0.2, 0.25) is 17.7 Å². The van der Waals surface area contributed by atoms with Crippen molar-refractivity contribution in [2.24, 2.45) is 0 Å². The number of rotatable bonds is 5. The summed E-state index contributed by atoms with van der Waals surface area (Å²) in [5.41, 5.74) is 0.0988. The van der Waals surface area contributed by atoms with Gasteiger partial charge in [0.15, 0.2) is 0 Å². The smallest absolute Gasteiger partial charge is 0.247 e. The maximum absolute atomic E-state index is 14.0. The van der Waals surface area contributed by atoms with Crippen LogP contribution in [-0.2, 0) is 20.8 Å². The lowest BCUT2D eigenvalue weighted by Gasteiger charge is -2.38. The van der Waals surface area contributed by atoms with Crippen LogP contribution in [0.1, 0.15) is 31.7 Å². The molecule has 30 heavy (non-hydrogen) atoms. The first-order chi connectivity index (χ1) is 14.3. The summed E-state index contributed by atoms with van der Waals surface area (Å²) in [6, 6.07) is 2.34. The van der Waals surface area contributed by atoms with Gasteiger partial charge >= 0.3 is 0 Å². The van der Waals surface area contributed by atoms with Crippen molar-refractivity contribution in [1.29, 1.82) is 0 Å². The molecule has 7 nitrogen and oxygen atoms in total. The van der Waals surface area contributed by atoms with Crippen molar-refractivity contribution >= 4 is 17.7 Å². The Kier molecular flexibility index (Phi) is 7.02. The molecular formula is C21H28F2N4O3. The van der Waals surface area contributed by atoms with Gasteiger partial charge in [-0.2, -0.15) is 0 Å². The summed E-state index contributed by atoms with van der Waals surface area (Å²) in [5, 5.41) is 5.47. The second kappa shape index (κ2) is 9.51. The molecule has 2 aliphatic heterocycles. The van der Waals surface area contributed by atoms with E-state index >= 15 is 0 Å². The Morgan fingerprint density at radius 2 is 1.97 bits per heavy atom. The summed E-state index contributed by atoms with van der Waals surface area (Å²) in [5.74, 6) is -2.37. The number of halogens is 2. The van der Waals surface area contributed by atoms with Gasteiger partial charge < -0.3 is 20.4 Å². The summed E-state index contributed by atoms with van der Waals surface area (Å²) >= 11 is 0. The molecule has 2 fully saturated rings. The third-order valence-electron chi connectivity index (χ3n) is 5.86. The fourth-order valence-electron chi connectivity index (χ4n) is 4.31. The number of nitrogens with zero attached hydrogens (tertiary/aromatic N) is 2. The second-order valence-corrected chi connectivity index (χ2v) is 8.02. The molecular weight excluding hydrogens is 394 g/mol. The highest BCUT2D eigenvalue weighted by atomic mass is 19.1. The van der Waals surface area contributed by atoms with Gasteiger partial charge in [0.1, 0.15) is 17.7 Å². The van der Waals surface area contributed by atoms with E-state index in [4.69, 9.17) is 0 Å². The molecule has 0 spiro atoms. The molecule has 3 amide bonds. The van der Waals surface area contributed by atoms with Gasteiger partial charge in [-0.15, -0.1) is 0 Å². The van der Waals surface area contributed by atoms with E-state index in [0.717, 1.165) is 25.0 Å². The summed E-state index contributed by atoms with van der Waals surface area (Å²) in [4.78, 5) is 41.6. The lowest BCUT2D eigenvalue weighted by Crippen LogP contribution is -2.60. The average molecular weight is 422 g/mol. The Bertz CT molecular complexity index is 819. The standard InChI is InChI=1S/C21H28F2N4O3/c1-13-3-6-16-7-8-26(20(29)9-14-4-5-15(22)10-17(14)23)12-18(21(30)27(13)16)25-19(28)11-24-2/h4-5,10,13,16,18,24H,3,6-9,11-12H2,1-2H3,(H,25,28)/t13-,16-,18+/m1/s1. The quantitative estimate of drug-likeness (QED) is 0.736. The molecule has 1 aromatic carbocycles. The highest BCUT2D eigenvalue weighted by Crippen LogP contribution is 2.29. The Hall–Kier alpha value is -2.55. The predicted molar refractivity (Wildman–Crippen MR) is 106 cm³/mol. The van der Waals surface area contributed by atoms with Crippen LogP contribution in [0.4, 0.5) is 8.78 Å². The highest BCUT2D eigenvalue weighted by Gasteiger charge is 2.41. The minimum atomic E-state index is -0.865. The Labute approximate surface area is 174 Å². The zero-order chi connectivity index (χ0) is 21.8. The minimum Gasteiger partial charge on any atom is -0.342 e. The topological polar surface area (TPSA) is 81.8 Å². The van der Waals surface area contributed by atoms with Crippen molar-refractivity contribution in [3.63, 3.8) is 0 Å². The van der Waals surface area contributed by atoms with E-state index < -0.39 is 17.7 Å². The van der Waals surface area contributed by atoms with Crippen LogP contribution in [0.2, 0.25) is 0 Å². The third-order valence-corrected chi connectivity index (χ3v) is 5.86. The second-order valence-electron chi connectivity index (χ2n) is 8.02. The van der Waals surface area contributed by atoms with Crippen LogP contribution >= 0.6 is 0 Å². The van der Waals surface area contributed by atoms with Crippen molar-refractivity contribution < 1.29 is 23.2 Å². The van der Waals surface area contributed by atoms with Crippen LogP contribution in [-0.4, -0.2) is 72.3 Å². The number of fused-ring (bicyclic) bond motifs is 1. The van der Waals surface area contributed by atoms with Crippen LogP contribution in [0.25, 0.3) is 0 Å². The number of likely N-dealkylation sites (N-methyl/N-ethyl adjacent to an activating group) is 1. The third kappa shape index (κ3) is 4.95. The number of benzene rings is 1. The molecule has 0 bridgehead atoms. The minimum absolute atomic E-state index is 0.00867. The molecule has 2 heterocycles. The van der Waals surface area contributed by atoms with Gasteiger partial charge in [0.05, 0.1) is 13.0 Å². The molecule has 2 aliphatic rings. The molecule has 0 saturated carbocycles. The number of hydrogen-bond acceptors (Lipinski definition) is 4. The van der Waals surface area contributed by atoms with Gasteiger partial charge in [-0.3, -0.25) is 14.4 Å². The van der Waals surface area contributed by atoms with Crippen LogP contribution in [0.3, 0.4) is 0 Å². The van der Waals surface area contributed by atoms with Crippen LogP contribution in [0.5, 0.6) is 0 Å². The largest absolute Gasteiger partial charge is 0.342 e. The van der Waals surface area contributed by atoms with E-state index in [2.05, 4.69) is 10.6 Å². The van der Waals surface area contributed by atoms with Crippen LogP contribution in [0, 0.1) is 11.6 Å². The first kappa shape index (κ1) is 22.1. The van der Waals surface area contributed by atoms with Crippen molar-refractivity contribution in [3.05, 3.63) is 35.4 Å². The van der Waals surface area contributed by atoms with E-state index in [9.17, 15) is 23.2 Å². The Morgan fingerprint density at radius 3 is 2.67 bits per heavy atom. The van der Waals surface area contributed by atoms with Crippen molar-refractivity contribution in [3.8, 4) is 0 Å². The number of carbonyl (C=O) groups is 3. The first-order valence-corrected chi connectivity index (χ1v) is 10.3. The first-order valence-electron chi connectivity index (χ1n) is 10.3. The van der Waals surface area contributed by atoms with Crippen molar-refractivity contribution in [1.82, 2.24) is 20.4 Å². The molecule has 0 radical (unpaired) electrons. The molecule has 0 aromatic heterocycles. The molecule has 0 aliphatic carbocycles. The molecule has 1 aromatic rings. The van der Waals surface area contributed by atoms with E-state index in [1.54, 1.807) is 7.05 Å². The number of nitrogens with one attached hydrogen (secondary N) is 2. The zero-order valence-corrected chi connectivity index (χ0v) is 17.3. The predicted octanol–water partition coefficient (Wildman–Crippen LogP) is 0.823. The fourth-order valence-corrected chi connectivity index (χ4v) is 4.31. The maximum Gasteiger partial charge on any atom is 0.247 e. The van der Waals surface area contributed by atoms with Gasteiger partial charge in [0, 0.05) is 31.2 Å². The maximum atomic E-state index is 14.0. The number of carbonyl (C=O) groups excluding carboxylic acids is 3. The molecule has 0 unspecified atom stereocenters. The van der Waals surface area contributed by atoms with Gasteiger partial charge in [-0.25, -0.2) is 8.78 Å².